The van der Waals surface area contributed by atoms with Gasteiger partial charge in [0.25, 0.3) is 0 Å². The Balaban J connectivity index is 3.13. The molecular formula is C9H14N2. The highest BCUT2D eigenvalue weighted by Gasteiger charge is 1.96. The molecule has 0 saturated heterocycles. The SMILES string of the molecule is C#CCC(C)NCCCC#N. The van der Waals surface area contributed by atoms with E-state index in [9.17, 15) is 0 Å². The Labute approximate surface area is 68.6 Å². The second kappa shape index (κ2) is 7.12. The summed E-state index contributed by atoms with van der Waals surface area (Å²) in [6.45, 7) is 2.93. The Kier molecular flexibility index (Phi) is 6.48. The fourth-order valence-electron chi connectivity index (χ4n) is 0.765. The second-order valence-corrected chi connectivity index (χ2v) is 2.53. The van der Waals surface area contributed by atoms with Crippen LogP contribution in [0, 0.1) is 23.7 Å². The van der Waals surface area contributed by atoms with Gasteiger partial charge in [0.2, 0.25) is 0 Å². The van der Waals surface area contributed by atoms with Gasteiger partial charge in [-0.15, -0.1) is 12.3 Å². The summed E-state index contributed by atoms with van der Waals surface area (Å²) in [6.07, 6.45) is 7.40. The van der Waals surface area contributed by atoms with E-state index < -0.39 is 0 Å². The van der Waals surface area contributed by atoms with Crippen LogP contribution in [0.5, 0.6) is 0 Å². The molecule has 0 aliphatic rings. The van der Waals surface area contributed by atoms with Gasteiger partial charge in [0.1, 0.15) is 0 Å². The number of terminal acetylenes is 1. The lowest BCUT2D eigenvalue weighted by molar-refractivity contribution is 0.549. The van der Waals surface area contributed by atoms with Crippen molar-refractivity contribution in [2.75, 3.05) is 6.54 Å². The first-order chi connectivity index (χ1) is 5.31. The topological polar surface area (TPSA) is 35.8 Å². The van der Waals surface area contributed by atoms with Crippen molar-refractivity contribution in [2.45, 2.75) is 32.2 Å². The Morgan fingerprint density at radius 3 is 2.91 bits per heavy atom. The third-order valence-electron chi connectivity index (χ3n) is 1.38. The second-order valence-electron chi connectivity index (χ2n) is 2.53. The molecule has 0 fully saturated rings. The van der Waals surface area contributed by atoms with E-state index in [2.05, 4.69) is 17.3 Å². The molecule has 0 amide bonds. The highest BCUT2D eigenvalue weighted by Crippen LogP contribution is 1.89. The van der Waals surface area contributed by atoms with E-state index in [4.69, 9.17) is 11.7 Å². The zero-order valence-corrected chi connectivity index (χ0v) is 6.93. The number of unbranched alkanes of at least 4 members (excludes halogenated alkanes) is 1. The van der Waals surface area contributed by atoms with Crippen molar-refractivity contribution in [1.82, 2.24) is 5.32 Å². The number of nitrogens with one attached hydrogen (secondary N) is 1. The van der Waals surface area contributed by atoms with E-state index in [1.807, 2.05) is 6.92 Å². The van der Waals surface area contributed by atoms with E-state index in [0.29, 0.717) is 12.5 Å². The Morgan fingerprint density at radius 1 is 1.64 bits per heavy atom. The summed E-state index contributed by atoms with van der Waals surface area (Å²) in [4.78, 5) is 0. The van der Waals surface area contributed by atoms with Gasteiger partial charge in [0, 0.05) is 18.9 Å². The summed E-state index contributed by atoms with van der Waals surface area (Å²) >= 11 is 0. The molecule has 0 aromatic heterocycles. The molecule has 11 heavy (non-hydrogen) atoms. The van der Waals surface area contributed by atoms with Crippen molar-refractivity contribution < 1.29 is 0 Å². The molecule has 0 aromatic rings. The molecule has 0 aliphatic carbocycles. The molecular weight excluding hydrogens is 136 g/mol. The molecule has 1 atom stereocenters. The molecule has 2 nitrogen and oxygen atoms in total. The third kappa shape index (κ3) is 6.90. The van der Waals surface area contributed by atoms with E-state index in [-0.39, 0.29) is 0 Å². The van der Waals surface area contributed by atoms with Crippen molar-refractivity contribution in [3.63, 3.8) is 0 Å². The summed E-state index contributed by atoms with van der Waals surface area (Å²) in [5, 5.41) is 11.4. The Bertz CT molecular complexity index is 161. The van der Waals surface area contributed by atoms with Crippen LogP contribution < -0.4 is 5.32 Å². The van der Waals surface area contributed by atoms with Gasteiger partial charge < -0.3 is 5.32 Å². The van der Waals surface area contributed by atoms with Crippen LogP contribution in [0.3, 0.4) is 0 Å². The quantitative estimate of drug-likeness (QED) is 0.473. The number of nitrogens with zero attached hydrogens (tertiary/aromatic N) is 1. The Morgan fingerprint density at radius 2 is 2.36 bits per heavy atom. The van der Waals surface area contributed by atoms with Gasteiger partial charge in [-0.05, 0) is 19.9 Å². The molecule has 0 saturated carbocycles. The van der Waals surface area contributed by atoms with Crippen LogP contribution in [0.15, 0.2) is 0 Å². The van der Waals surface area contributed by atoms with Gasteiger partial charge in [-0.3, -0.25) is 0 Å². The number of nitriles is 1. The van der Waals surface area contributed by atoms with Crippen LogP contribution in [-0.4, -0.2) is 12.6 Å². The van der Waals surface area contributed by atoms with Gasteiger partial charge in [-0.25, -0.2) is 0 Å². The van der Waals surface area contributed by atoms with Crippen molar-refractivity contribution in [2.24, 2.45) is 0 Å². The number of rotatable bonds is 5. The van der Waals surface area contributed by atoms with Gasteiger partial charge in [0.15, 0.2) is 0 Å². The average molecular weight is 150 g/mol. The minimum absolute atomic E-state index is 0.374. The molecule has 0 rings (SSSR count). The van der Waals surface area contributed by atoms with E-state index in [1.54, 1.807) is 0 Å². The molecule has 1 N–H and O–H groups in total. The zero-order chi connectivity index (χ0) is 8.53. The van der Waals surface area contributed by atoms with Gasteiger partial charge in [-0.2, -0.15) is 5.26 Å². The smallest absolute Gasteiger partial charge is 0.0622 e. The van der Waals surface area contributed by atoms with Gasteiger partial charge in [-0.1, -0.05) is 0 Å². The molecule has 0 radical (unpaired) electrons. The summed E-state index contributed by atoms with van der Waals surface area (Å²) in [5.41, 5.74) is 0. The normalized spacial score (nSPS) is 11.5. The van der Waals surface area contributed by atoms with E-state index in [1.165, 1.54) is 0 Å². The lowest BCUT2D eigenvalue weighted by Crippen LogP contribution is -2.26. The van der Waals surface area contributed by atoms with E-state index in [0.717, 1.165) is 19.4 Å². The third-order valence-corrected chi connectivity index (χ3v) is 1.38. The van der Waals surface area contributed by atoms with Gasteiger partial charge >= 0.3 is 0 Å². The van der Waals surface area contributed by atoms with Crippen molar-refractivity contribution in [3.8, 4) is 18.4 Å². The standard InChI is InChI=1S/C9H14N2/c1-3-6-9(2)11-8-5-4-7-10/h1,9,11H,4-6,8H2,2H3. The van der Waals surface area contributed by atoms with E-state index >= 15 is 0 Å². The fraction of sp³-hybridized carbons (Fsp3) is 0.667. The van der Waals surface area contributed by atoms with Crippen molar-refractivity contribution in [3.05, 3.63) is 0 Å². The van der Waals surface area contributed by atoms with Crippen LogP contribution in [0.25, 0.3) is 0 Å². The molecule has 1 unspecified atom stereocenters. The van der Waals surface area contributed by atoms with Crippen LogP contribution in [-0.2, 0) is 0 Å². The molecule has 0 aliphatic heterocycles. The first-order valence-corrected chi connectivity index (χ1v) is 3.85. The summed E-state index contributed by atoms with van der Waals surface area (Å²) in [5.74, 6) is 2.58. The van der Waals surface area contributed by atoms with Crippen LogP contribution >= 0.6 is 0 Å². The zero-order valence-electron chi connectivity index (χ0n) is 6.93. The molecule has 0 heterocycles. The van der Waals surface area contributed by atoms with Crippen LogP contribution in [0.2, 0.25) is 0 Å². The summed E-state index contributed by atoms with van der Waals surface area (Å²) in [6, 6.07) is 2.47. The molecule has 60 valence electrons. The minimum Gasteiger partial charge on any atom is -0.313 e. The number of hydrogen-bond acceptors (Lipinski definition) is 2. The predicted octanol–water partition coefficient (Wildman–Crippen LogP) is 1.29. The monoisotopic (exact) mass is 150 g/mol. The maximum absolute atomic E-state index is 8.22. The summed E-state index contributed by atoms with van der Waals surface area (Å²) in [7, 11) is 0. The maximum atomic E-state index is 8.22. The van der Waals surface area contributed by atoms with Crippen LogP contribution in [0.1, 0.15) is 26.2 Å². The largest absolute Gasteiger partial charge is 0.313 e. The Hall–Kier alpha value is -0.990. The molecule has 0 bridgehead atoms. The van der Waals surface area contributed by atoms with Crippen molar-refractivity contribution >= 4 is 0 Å². The van der Waals surface area contributed by atoms with Crippen LogP contribution in [0.4, 0.5) is 0 Å². The predicted molar refractivity (Wildman–Crippen MR) is 45.8 cm³/mol. The highest BCUT2D eigenvalue weighted by atomic mass is 14.9. The lowest BCUT2D eigenvalue weighted by atomic mass is 10.2. The minimum atomic E-state index is 0.374. The highest BCUT2D eigenvalue weighted by molar-refractivity contribution is 4.88. The first kappa shape index (κ1) is 10.0. The van der Waals surface area contributed by atoms with Gasteiger partial charge in [0.05, 0.1) is 6.07 Å². The maximum Gasteiger partial charge on any atom is 0.0622 e. The first-order valence-electron chi connectivity index (χ1n) is 3.85. The molecule has 0 aromatic carbocycles. The lowest BCUT2D eigenvalue weighted by Gasteiger charge is -2.08. The molecule has 0 spiro atoms. The number of hydrogen-bond donors (Lipinski definition) is 1. The fourth-order valence-corrected chi connectivity index (χ4v) is 0.765. The molecule has 2 heteroatoms. The average Bonchev–Trinajstić information content (AvgIpc) is 1.99. The van der Waals surface area contributed by atoms with Crippen molar-refractivity contribution in [1.29, 1.82) is 5.26 Å². The summed E-state index contributed by atoms with van der Waals surface area (Å²) < 4.78 is 0.